The first-order valence-corrected chi connectivity index (χ1v) is 6.64. The van der Waals surface area contributed by atoms with Crippen LogP contribution in [-0.4, -0.2) is 17.6 Å². The van der Waals surface area contributed by atoms with E-state index in [1.165, 1.54) is 0 Å². The van der Waals surface area contributed by atoms with Crippen LogP contribution < -0.4 is 5.32 Å². The van der Waals surface area contributed by atoms with Crippen LogP contribution >= 0.6 is 0 Å². The summed E-state index contributed by atoms with van der Waals surface area (Å²) in [6.45, 7) is 4.03. The highest BCUT2D eigenvalue weighted by Gasteiger charge is 2.43. The summed E-state index contributed by atoms with van der Waals surface area (Å²) in [5, 5.41) is 12.4. The molecule has 0 aliphatic heterocycles. The third kappa shape index (κ3) is 2.15. The predicted molar refractivity (Wildman–Crippen MR) is 72.6 cm³/mol. The van der Waals surface area contributed by atoms with Crippen molar-refractivity contribution in [1.29, 1.82) is 0 Å². The van der Waals surface area contributed by atoms with Crippen LogP contribution in [0.25, 0.3) is 0 Å². The van der Waals surface area contributed by atoms with Crippen molar-refractivity contribution in [3.63, 3.8) is 0 Å². The lowest BCUT2D eigenvalue weighted by Crippen LogP contribution is -2.45. The van der Waals surface area contributed by atoms with Crippen molar-refractivity contribution in [1.82, 2.24) is 0 Å². The summed E-state index contributed by atoms with van der Waals surface area (Å²) in [6, 6.07) is 6.05. The smallest absolute Gasteiger partial charge is 0.232 e. The van der Waals surface area contributed by atoms with Crippen LogP contribution in [0.5, 0.6) is 0 Å². The van der Waals surface area contributed by atoms with Crippen LogP contribution in [0.3, 0.4) is 0 Å². The topological polar surface area (TPSA) is 49.3 Å². The molecule has 0 heterocycles. The summed E-state index contributed by atoms with van der Waals surface area (Å²) < 4.78 is 0. The minimum atomic E-state index is -0.534. The second kappa shape index (κ2) is 5.11. The van der Waals surface area contributed by atoms with E-state index in [0.717, 1.165) is 42.5 Å². The molecule has 1 amide bonds. The van der Waals surface area contributed by atoms with Gasteiger partial charge in [-0.05, 0) is 37.3 Å². The first-order chi connectivity index (χ1) is 8.63. The van der Waals surface area contributed by atoms with E-state index >= 15 is 0 Å². The Morgan fingerprint density at radius 2 is 2.17 bits per heavy atom. The molecule has 1 aromatic rings. The van der Waals surface area contributed by atoms with Gasteiger partial charge in [-0.3, -0.25) is 4.79 Å². The molecule has 18 heavy (non-hydrogen) atoms. The number of benzene rings is 1. The zero-order valence-corrected chi connectivity index (χ0v) is 11.1. The molecule has 2 N–H and O–H groups in total. The number of para-hydroxylation sites is 1. The van der Waals surface area contributed by atoms with E-state index in [1.54, 1.807) is 0 Å². The molecule has 1 aromatic carbocycles. The van der Waals surface area contributed by atoms with Gasteiger partial charge in [0.05, 0.1) is 12.0 Å². The van der Waals surface area contributed by atoms with Crippen LogP contribution in [0.1, 0.15) is 37.3 Å². The summed E-state index contributed by atoms with van der Waals surface area (Å²) in [6.07, 6.45) is 3.51. The van der Waals surface area contributed by atoms with Gasteiger partial charge in [-0.15, -0.1) is 0 Å². The summed E-state index contributed by atoms with van der Waals surface area (Å²) >= 11 is 0. The van der Waals surface area contributed by atoms with Crippen molar-refractivity contribution >= 4 is 11.6 Å². The van der Waals surface area contributed by atoms with E-state index < -0.39 is 5.41 Å². The average molecular weight is 247 g/mol. The number of carbonyl (C=O) groups is 1. The number of anilines is 1. The largest absolute Gasteiger partial charge is 0.395 e. The van der Waals surface area contributed by atoms with E-state index in [2.05, 4.69) is 12.2 Å². The fourth-order valence-electron chi connectivity index (χ4n) is 2.51. The monoisotopic (exact) mass is 247 g/mol. The molecule has 2 rings (SSSR count). The van der Waals surface area contributed by atoms with Gasteiger partial charge in [-0.25, -0.2) is 0 Å². The van der Waals surface area contributed by atoms with Crippen molar-refractivity contribution in [2.45, 2.75) is 39.5 Å². The number of nitrogens with one attached hydrogen (secondary N) is 1. The number of aliphatic hydroxyl groups is 1. The Bertz CT molecular complexity index is 444. The molecular weight excluding hydrogens is 226 g/mol. The Kier molecular flexibility index (Phi) is 3.71. The Morgan fingerprint density at radius 3 is 2.67 bits per heavy atom. The van der Waals surface area contributed by atoms with Crippen molar-refractivity contribution in [2.24, 2.45) is 5.41 Å². The number of hydrogen-bond donors (Lipinski definition) is 2. The molecule has 1 aliphatic carbocycles. The molecule has 0 radical (unpaired) electrons. The van der Waals surface area contributed by atoms with Crippen molar-refractivity contribution in [2.75, 3.05) is 11.9 Å². The molecule has 0 atom stereocenters. The first-order valence-electron chi connectivity index (χ1n) is 6.64. The average Bonchev–Trinajstić information content (AvgIpc) is 2.31. The fourth-order valence-corrected chi connectivity index (χ4v) is 2.51. The quantitative estimate of drug-likeness (QED) is 0.859. The first kappa shape index (κ1) is 13.1. The lowest BCUT2D eigenvalue weighted by atomic mass is 9.68. The van der Waals surface area contributed by atoms with Gasteiger partial charge in [-0.2, -0.15) is 0 Å². The third-order valence-corrected chi connectivity index (χ3v) is 4.07. The van der Waals surface area contributed by atoms with Crippen molar-refractivity contribution in [3.8, 4) is 0 Å². The predicted octanol–water partition coefficient (Wildman–Crippen LogP) is 2.66. The normalized spacial score (nSPS) is 17.1. The van der Waals surface area contributed by atoms with Crippen molar-refractivity contribution in [3.05, 3.63) is 29.3 Å². The van der Waals surface area contributed by atoms with Gasteiger partial charge in [0.1, 0.15) is 0 Å². The van der Waals surface area contributed by atoms with Gasteiger partial charge in [0, 0.05) is 5.69 Å². The molecule has 1 fully saturated rings. The van der Waals surface area contributed by atoms with Crippen LogP contribution in [0.15, 0.2) is 18.2 Å². The second-order valence-corrected chi connectivity index (χ2v) is 5.21. The highest BCUT2D eigenvalue weighted by molar-refractivity contribution is 5.97. The highest BCUT2D eigenvalue weighted by Crippen LogP contribution is 2.41. The van der Waals surface area contributed by atoms with Gasteiger partial charge in [0.2, 0.25) is 5.91 Å². The zero-order chi connectivity index (χ0) is 13.2. The van der Waals surface area contributed by atoms with E-state index in [9.17, 15) is 9.90 Å². The van der Waals surface area contributed by atoms with Gasteiger partial charge in [0.25, 0.3) is 0 Å². The molecule has 98 valence electrons. The molecule has 0 saturated heterocycles. The molecule has 1 aliphatic rings. The van der Waals surface area contributed by atoms with E-state index in [0.29, 0.717) is 0 Å². The number of aryl methyl sites for hydroxylation is 2. The maximum absolute atomic E-state index is 12.3. The molecule has 0 unspecified atom stereocenters. The van der Waals surface area contributed by atoms with E-state index in [4.69, 9.17) is 0 Å². The number of aliphatic hydroxyl groups excluding tert-OH is 1. The summed E-state index contributed by atoms with van der Waals surface area (Å²) in [7, 11) is 0. The summed E-state index contributed by atoms with van der Waals surface area (Å²) in [5.74, 6) is -0.0275. The number of hydrogen-bond acceptors (Lipinski definition) is 2. The van der Waals surface area contributed by atoms with Crippen molar-refractivity contribution < 1.29 is 9.90 Å². The Morgan fingerprint density at radius 1 is 1.44 bits per heavy atom. The number of rotatable bonds is 4. The second-order valence-electron chi connectivity index (χ2n) is 5.21. The van der Waals surface area contributed by atoms with E-state index in [-0.39, 0.29) is 12.5 Å². The third-order valence-electron chi connectivity index (χ3n) is 4.07. The van der Waals surface area contributed by atoms with Crippen LogP contribution in [-0.2, 0) is 11.2 Å². The molecule has 1 saturated carbocycles. The Balaban J connectivity index is 2.21. The molecule has 3 heteroatoms. The van der Waals surface area contributed by atoms with E-state index in [1.807, 2.05) is 25.1 Å². The standard InChI is InChI=1S/C15H21NO2/c1-3-12-7-4-6-11(2)13(12)16-14(18)15(10-17)8-5-9-15/h4,6-7,17H,3,5,8-10H2,1-2H3,(H,16,18). The molecule has 0 spiro atoms. The molecule has 0 aromatic heterocycles. The van der Waals surface area contributed by atoms with Gasteiger partial charge in [-0.1, -0.05) is 31.5 Å². The SMILES string of the molecule is CCc1cccc(C)c1NC(=O)C1(CO)CCC1. The van der Waals surface area contributed by atoms with Crippen LogP contribution in [0.4, 0.5) is 5.69 Å². The number of carbonyl (C=O) groups excluding carboxylic acids is 1. The summed E-state index contributed by atoms with van der Waals surface area (Å²) in [5.41, 5.74) is 2.61. The number of amides is 1. The minimum Gasteiger partial charge on any atom is -0.395 e. The maximum Gasteiger partial charge on any atom is 0.232 e. The Hall–Kier alpha value is -1.35. The minimum absolute atomic E-state index is 0.0275. The lowest BCUT2D eigenvalue weighted by molar-refractivity contribution is -0.133. The van der Waals surface area contributed by atoms with Crippen LogP contribution in [0.2, 0.25) is 0 Å². The Labute approximate surface area is 108 Å². The highest BCUT2D eigenvalue weighted by atomic mass is 16.3. The summed E-state index contributed by atoms with van der Waals surface area (Å²) in [4.78, 5) is 12.3. The van der Waals surface area contributed by atoms with Gasteiger partial charge in [0.15, 0.2) is 0 Å². The molecule has 0 bridgehead atoms. The van der Waals surface area contributed by atoms with Crippen LogP contribution in [0, 0.1) is 12.3 Å². The van der Waals surface area contributed by atoms with Gasteiger partial charge >= 0.3 is 0 Å². The molecular formula is C15H21NO2. The fraction of sp³-hybridized carbons (Fsp3) is 0.533. The zero-order valence-electron chi connectivity index (χ0n) is 11.1. The maximum atomic E-state index is 12.3. The lowest BCUT2D eigenvalue weighted by Gasteiger charge is -2.38. The molecule has 3 nitrogen and oxygen atoms in total. The van der Waals surface area contributed by atoms with Gasteiger partial charge < -0.3 is 10.4 Å².